The highest BCUT2D eigenvalue weighted by Crippen LogP contribution is 2.04. The SMILES string of the molecule is CN[C@@H](Cc1cnc[nH]1)C(=O)OCc1ccccc1. The molecule has 2 N–H and O–H groups in total. The maximum Gasteiger partial charge on any atom is 0.323 e. The minimum absolute atomic E-state index is 0.263. The van der Waals surface area contributed by atoms with Crippen molar-refractivity contribution in [1.82, 2.24) is 15.3 Å². The summed E-state index contributed by atoms with van der Waals surface area (Å²) in [6, 6.07) is 9.25. The molecule has 0 aliphatic carbocycles. The van der Waals surface area contributed by atoms with Gasteiger partial charge in [-0.3, -0.25) is 4.79 Å². The van der Waals surface area contributed by atoms with Gasteiger partial charge in [0.25, 0.3) is 0 Å². The number of hydrogen-bond acceptors (Lipinski definition) is 4. The number of rotatable bonds is 6. The fourth-order valence-electron chi connectivity index (χ4n) is 1.75. The number of aromatic amines is 1. The van der Waals surface area contributed by atoms with Crippen LogP contribution < -0.4 is 5.32 Å². The first kappa shape index (κ1) is 13.3. The Morgan fingerprint density at radius 3 is 2.84 bits per heavy atom. The van der Waals surface area contributed by atoms with Crippen molar-refractivity contribution in [3.63, 3.8) is 0 Å². The Bertz CT molecular complexity index is 497. The van der Waals surface area contributed by atoms with Crippen molar-refractivity contribution in [3.8, 4) is 0 Å². The zero-order valence-electron chi connectivity index (χ0n) is 10.8. The lowest BCUT2D eigenvalue weighted by Crippen LogP contribution is -2.37. The quantitative estimate of drug-likeness (QED) is 0.767. The highest BCUT2D eigenvalue weighted by atomic mass is 16.5. The van der Waals surface area contributed by atoms with E-state index in [1.54, 1.807) is 19.6 Å². The molecule has 0 aliphatic rings. The van der Waals surface area contributed by atoms with Crippen molar-refractivity contribution in [2.75, 3.05) is 7.05 Å². The van der Waals surface area contributed by atoms with Gasteiger partial charge in [-0.15, -0.1) is 0 Å². The van der Waals surface area contributed by atoms with Crippen LogP contribution in [0.2, 0.25) is 0 Å². The van der Waals surface area contributed by atoms with Crippen molar-refractivity contribution in [1.29, 1.82) is 0 Å². The smallest absolute Gasteiger partial charge is 0.323 e. The van der Waals surface area contributed by atoms with Gasteiger partial charge in [0.15, 0.2) is 0 Å². The Balaban J connectivity index is 1.87. The predicted octanol–water partition coefficient (Wildman–Crippen LogP) is 1.28. The molecule has 5 heteroatoms. The topological polar surface area (TPSA) is 67.0 Å². The Labute approximate surface area is 112 Å². The Kier molecular flexibility index (Phi) is 4.69. The average molecular weight is 259 g/mol. The number of nitrogens with one attached hydrogen (secondary N) is 2. The van der Waals surface area contributed by atoms with Crippen molar-refractivity contribution in [2.45, 2.75) is 19.1 Å². The zero-order valence-corrected chi connectivity index (χ0v) is 10.8. The molecule has 1 heterocycles. The summed E-state index contributed by atoms with van der Waals surface area (Å²) in [6.07, 6.45) is 3.83. The minimum atomic E-state index is -0.371. The average Bonchev–Trinajstić information content (AvgIpc) is 2.96. The first-order valence-corrected chi connectivity index (χ1v) is 6.14. The van der Waals surface area contributed by atoms with Gasteiger partial charge in [0, 0.05) is 18.3 Å². The summed E-state index contributed by atoms with van der Waals surface area (Å²) in [4.78, 5) is 18.9. The van der Waals surface area contributed by atoms with Gasteiger partial charge in [-0.25, -0.2) is 4.98 Å². The third-order valence-corrected chi connectivity index (χ3v) is 2.84. The van der Waals surface area contributed by atoms with Crippen molar-refractivity contribution < 1.29 is 9.53 Å². The fourth-order valence-corrected chi connectivity index (χ4v) is 1.75. The zero-order chi connectivity index (χ0) is 13.5. The molecule has 1 atom stereocenters. The molecule has 19 heavy (non-hydrogen) atoms. The van der Waals surface area contributed by atoms with Crippen molar-refractivity contribution >= 4 is 5.97 Å². The molecule has 0 radical (unpaired) electrons. The third kappa shape index (κ3) is 3.93. The van der Waals surface area contributed by atoms with Crippen LogP contribution in [0.4, 0.5) is 0 Å². The summed E-state index contributed by atoms with van der Waals surface area (Å²) in [7, 11) is 1.74. The number of ether oxygens (including phenoxy) is 1. The van der Waals surface area contributed by atoms with Gasteiger partial charge in [-0.1, -0.05) is 30.3 Å². The lowest BCUT2D eigenvalue weighted by atomic mass is 10.1. The molecule has 1 aromatic carbocycles. The summed E-state index contributed by atoms with van der Waals surface area (Å²) < 4.78 is 5.29. The number of benzene rings is 1. The van der Waals surface area contributed by atoms with Gasteiger partial charge in [0.1, 0.15) is 12.6 Å². The third-order valence-electron chi connectivity index (χ3n) is 2.84. The van der Waals surface area contributed by atoms with E-state index >= 15 is 0 Å². The molecule has 0 saturated heterocycles. The molecule has 100 valence electrons. The standard InChI is InChI=1S/C14H17N3O2/c1-15-13(7-12-8-16-10-17-12)14(18)19-9-11-5-3-2-4-6-11/h2-6,8,10,13,15H,7,9H2,1H3,(H,16,17)/t13-/m0/s1. The molecule has 0 fully saturated rings. The van der Waals surface area contributed by atoms with E-state index in [0.717, 1.165) is 11.3 Å². The number of likely N-dealkylation sites (N-methyl/N-ethyl adjacent to an activating group) is 1. The van der Waals surface area contributed by atoms with Gasteiger partial charge in [0.05, 0.1) is 6.33 Å². The maximum atomic E-state index is 12.0. The largest absolute Gasteiger partial charge is 0.460 e. The first-order chi connectivity index (χ1) is 9.29. The van der Waals surface area contributed by atoms with E-state index in [9.17, 15) is 4.79 Å². The number of esters is 1. The number of aromatic nitrogens is 2. The van der Waals surface area contributed by atoms with Crippen LogP contribution in [0, 0.1) is 0 Å². The summed E-state index contributed by atoms with van der Waals surface area (Å²) in [5.41, 5.74) is 1.88. The van der Waals surface area contributed by atoms with Gasteiger partial charge < -0.3 is 15.0 Å². The van der Waals surface area contributed by atoms with Crippen LogP contribution in [0.15, 0.2) is 42.9 Å². The second-order valence-corrected chi connectivity index (χ2v) is 4.22. The molecule has 5 nitrogen and oxygen atoms in total. The Hall–Kier alpha value is -2.14. The molecular formula is C14H17N3O2. The number of imidazole rings is 1. The fraction of sp³-hybridized carbons (Fsp3) is 0.286. The molecule has 1 aromatic heterocycles. The van der Waals surface area contributed by atoms with Gasteiger partial charge in [-0.2, -0.15) is 0 Å². The van der Waals surface area contributed by atoms with Gasteiger partial charge in [-0.05, 0) is 12.6 Å². The van der Waals surface area contributed by atoms with Crippen LogP contribution in [0.1, 0.15) is 11.3 Å². The van der Waals surface area contributed by atoms with Crippen LogP contribution in [0.25, 0.3) is 0 Å². The molecule has 0 spiro atoms. The van der Waals surface area contributed by atoms with Crippen LogP contribution in [0.3, 0.4) is 0 Å². The van der Waals surface area contributed by atoms with E-state index in [-0.39, 0.29) is 12.0 Å². The Morgan fingerprint density at radius 1 is 1.42 bits per heavy atom. The lowest BCUT2D eigenvalue weighted by Gasteiger charge is -2.14. The monoisotopic (exact) mass is 259 g/mol. The molecular weight excluding hydrogens is 242 g/mol. The summed E-state index contributed by atoms with van der Waals surface area (Å²) in [6.45, 7) is 0.292. The van der Waals surface area contributed by atoms with Crippen LogP contribution in [-0.2, 0) is 22.6 Å². The van der Waals surface area contributed by atoms with Crippen LogP contribution in [-0.4, -0.2) is 29.0 Å². The highest BCUT2D eigenvalue weighted by Gasteiger charge is 2.19. The maximum absolute atomic E-state index is 12.0. The normalized spacial score (nSPS) is 12.1. The molecule has 2 rings (SSSR count). The lowest BCUT2D eigenvalue weighted by molar-refractivity contribution is -0.147. The number of nitrogens with zero attached hydrogens (tertiary/aromatic N) is 1. The molecule has 0 saturated carbocycles. The van der Waals surface area contributed by atoms with E-state index < -0.39 is 0 Å². The van der Waals surface area contributed by atoms with Crippen molar-refractivity contribution in [3.05, 3.63) is 54.1 Å². The molecule has 2 aromatic rings. The predicted molar refractivity (Wildman–Crippen MR) is 71.4 cm³/mol. The van der Waals surface area contributed by atoms with E-state index in [1.165, 1.54) is 0 Å². The van der Waals surface area contributed by atoms with Gasteiger partial charge in [0.2, 0.25) is 0 Å². The van der Waals surface area contributed by atoms with E-state index in [4.69, 9.17) is 4.74 Å². The van der Waals surface area contributed by atoms with Crippen LogP contribution in [0.5, 0.6) is 0 Å². The summed E-state index contributed by atoms with van der Waals surface area (Å²) in [5.74, 6) is -0.263. The van der Waals surface area contributed by atoms with Crippen molar-refractivity contribution in [2.24, 2.45) is 0 Å². The summed E-state index contributed by atoms with van der Waals surface area (Å²) >= 11 is 0. The number of H-pyrrole nitrogens is 1. The second-order valence-electron chi connectivity index (χ2n) is 4.22. The Morgan fingerprint density at radius 2 is 2.21 bits per heavy atom. The first-order valence-electron chi connectivity index (χ1n) is 6.14. The van der Waals surface area contributed by atoms with E-state index in [0.29, 0.717) is 13.0 Å². The van der Waals surface area contributed by atoms with Crippen LogP contribution >= 0.6 is 0 Å². The summed E-state index contributed by atoms with van der Waals surface area (Å²) in [5, 5.41) is 2.95. The second kappa shape index (κ2) is 6.70. The van der Waals surface area contributed by atoms with Gasteiger partial charge >= 0.3 is 5.97 Å². The molecule has 0 unspecified atom stereocenters. The van der Waals surface area contributed by atoms with E-state index in [1.807, 2.05) is 30.3 Å². The number of hydrogen-bond donors (Lipinski definition) is 2. The molecule has 0 aliphatic heterocycles. The molecule has 0 amide bonds. The minimum Gasteiger partial charge on any atom is -0.460 e. The number of carbonyl (C=O) groups excluding carboxylic acids is 1. The highest BCUT2D eigenvalue weighted by molar-refractivity contribution is 5.76. The van der Waals surface area contributed by atoms with E-state index in [2.05, 4.69) is 15.3 Å². The molecule has 0 bridgehead atoms. The number of carbonyl (C=O) groups is 1.